The van der Waals surface area contributed by atoms with E-state index in [9.17, 15) is 19.5 Å². The van der Waals surface area contributed by atoms with Crippen LogP contribution in [0.5, 0.6) is 0 Å². The molecule has 2 aromatic rings. The minimum absolute atomic E-state index is 0.0504. The molecule has 10 heteroatoms. The number of nitrogens with zero attached hydrogens (tertiary/aromatic N) is 1. The van der Waals surface area contributed by atoms with E-state index in [2.05, 4.69) is 5.32 Å². The highest BCUT2D eigenvalue weighted by Gasteiger charge is 2.57. The lowest BCUT2D eigenvalue weighted by Gasteiger charge is -2.53. The number of thioether (sulfide) groups is 2. The molecule has 1 unspecified atom stereocenters. The normalized spacial score (nSPS) is 24.8. The molecule has 2 aliphatic rings. The zero-order valence-corrected chi connectivity index (χ0v) is 19.2. The highest BCUT2D eigenvalue weighted by atomic mass is 35.5. The smallest absolute Gasteiger partial charge is 0.322 e. The first-order valence-electron chi connectivity index (χ1n) is 9.42. The number of carboxylic acids is 1. The topological polar surface area (TPSA) is 86.7 Å². The summed E-state index contributed by atoms with van der Waals surface area (Å²) in [5.41, 5.74) is 0.864. The number of fused-ring (bicyclic) bond motifs is 1. The van der Waals surface area contributed by atoms with E-state index in [1.54, 1.807) is 18.2 Å². The Labute approximate surface area is 197 Å². The van der Waals surface area contributed by atoms with Gasteiger partial charge < -0.3 is 15.3 Å². The fourth-order valence-corrected chi connectivity index (χ4v) is 6.81. The number of carbonyl (C=O) groups is 3. The van der Waals surface area contributed by atoms with E-state index in [0.717, 1.165) is 17.3 Å². The van der Waals surface area contributed by atoms with E-state index >= 15 is 0 Å². The van der Waals surface area contributed by atoms with Gasteiger partial charge in [0.25, 0.3) is 0 Å². The van der Waals surface area contributed by atoms with Gasteiger partial charge in [0, 0.05) is 17.2 Å². The summed E-state index contributed by atoms with van der Waals surface area (Å²) in [5.74, 6) is -1.21. The molecule has 2 aromatic carbocycles. The fraction of sp³-hybridized carbons (Fsp3) is 0.286. The van der Waals surface area contributed by atoms with Gasteiger partial charge in [-0.2, -0.15) is 0 Å². The van der Waals surface area contributed by atoms with Crippen LogP contribution < -0.4 is 5.32 Å². The minimum atomic E-state index is -1.22. The molecule has 6 nitrogen and oxygen atoms in total. The summed E-state index contributed by atoms with van der Waals surface area (Å²) < 4.78 is -1.22. The summed E-state index contributed by atoms with van der Waals surface area (Å²) in [6, 6.07) is 13.6. The zero-order valence-electron chi connectivity index (χ0n) is 16.1. The van der Waals surface area contributed by atoms with Crippen molar-refractivity contribution in [1.29, 1.82) is 0 Å². The molecule has 0 saturated carbocycles. The van der Waals surface area contributed by atoms with E-state index in [4.69, 9.17) is 23.2 Å². The van der Waals surface area contributed by atoms with Crippen molar-refractivity contribution in [3.8, 4) is 0 Å². The second-order valence-electron chi connectivity index (χ2n) is 7.35. The first kappa shape index (κ1) is 22.3. The maximum atomic E-state index is 12.7. The van der Waals surface area contributed by atoms with E-state index < -0.39 is 16.8 Å². The predicted octanol–water partition coefficient (Wildman–Crippen LogP) is 3.55. The molecular formula is C21H18Cl2N2O4S2. The lowest BCUT2D eigenvalue weighted by atomic mass is 10.0. The van der Waals surface area contributed by atoms with Crippen LogP contribution in [-0.2, 0) is 20.8 Å². The summed E-state index contributed by atoms with van der Waals surface area (Å²) in [5, 5.41) is 13.2. The van der Waals surface area contributed by atoms with Crippen molar-refractivity contribution in [2.24, 2.45) is 0 Å². The fourth-order valence-electron chi connectivity index (χ4n) is 3.56. The maximum Gasteiger partial charge on any atom is 0.322 e. The van der Waals surface area contributed by atoms with Gasteiger partial charge in [-0.15, -0.1) is 23.5 Å². The summed E-state index contributed by atoms with van der Waals surface area (Å²) in [7, 11) is 0. The summed E-state index contributed by atoms with van der Waals surface area (Å²) >= 11 is 14.5. The number of nitrogens with one attached hydrogen (secondary N) is 1. The highest BCUT2D eigenvalue weighted by molar-refractivity contribution is 8.05. The first-order chi connectivity index (χ1) is 14.8. The molecule has 0 aromatic heterocycles. The average molecular weight is 497 g/mol. The number of carboxylic acid groups (broad SMARTS) is 1. The largest absolute Gasteiger partial charge is 0.480 e. The van der Waals surface area contributed by atoms with Crippen molar-refractivity contribution in [1.82, 2.24) is 10.2 Å². The summed E-state index contributed by atoms with van der Waals surface area (Å²) in [4.78, 5) is 39.4. The Morgan fingerprint density at radius 3 is 2.61 bits per heavy atom. The Balaban J connectivity index is 1.42. The number of carbonyl (C=O) groups excluding carboxylic acids is 2. The molecule has 31 heavy (non-hydrogen) atoms. The molecule has 4 rings (SSSR count). The number of halogens is 2. The molecular weight excluding hydrogens is 479 g/mol. The van der Waals surface area contributed by atoms with Crippen LogP contribution >= 0.6 is 46.7 Å². The molecule has 2 aliphatic heterocycles. The van der Waals surface area contributed by atoms with Gasteiger partial charge in [-0.1, -0.05) is 53.5 Å². The Morgan fingerprint density at radius 1 is 1.19 bits per heavy atom. The van der Waals surface area contributed by atoms with E-state index in [-0.39, 0.29) is 35.9 Å². The molecule has 3 atom stereocenters. The zero-order chi connectivity index (χ0) is 22.2. The third kappa shape index (κ3) is 4.53. The third-order valence-electron chi connectivity index (χ3n) is 5.17. The second-order valence-corrected chi connectivity index (χ2v) is 10.7. The van der Waals surface area contributed by atoms with E-state index in [1.807, 2.05) is 30.3 Å². The molecule has 2 amide bonds. The third-order valence-corrected chi connectivity index (χ3v) is 8.95. The van der Waals surface area contributed by atoms with Crippen LogP contribution in [0.2, 0.25) is 10.0 Å². The van der Waals surface area contributed by atoms with Crippen LogP contribution in [0, 0.1) is 0 Å². The Morgan fingerprint density at radius 2 is 1.94 bits per heavy atom. The first-order valence-corrected chi connectivity index (χ1v) is 12.0. The second kappa shape index (κ2) is 8.94. The van der Waals surface area contributed by atoms with Crippen molar-refractivity contribution in [3.05, 3.63) is 64.1 Å². The molecule has 2 heterocycles. The number of hydrogen-bond acceptors (Lipinski definition) is 5. The van der Waals surface area contributed by atoms with Gasteiger partial charge >= 0.3 is 5.97 Å². The van der Waals surface area contributed by atoms with Crippen LogP contribution in [0.25, 0.3) is 0 Å². The van der Waals surface area contributed by atoms with Crippen LogP contribution in [0.3, 0.4) is 0 Å². The highest BCUT2D eigenvalue weighted by Crippen LogP contribution is 2.47. The Kier molecular flexibility index (Phi) is 6.44. The molecule has 0 bridgehead atoms. The SMILES string of the molecule is O=C(Cc1ccccc1)N[C@@H]1C(=O)N2CC(Sc3ccc(Cl)c(Cl)c3)(C(=O)O)CS[C@H]12. The van der Waals surface area contributed by atoms with Crippen molar-refractivity contribution in [2.45, 2.75) is 27.5 Å². The molecule has 2 saturated heterocycles. The van der Waals surface area contributed by atoms with Crippen LogP contribution in [0.1, 0.15) is 5.56 Å². The number of benzene rings is 2. The number of amides is 2. The van der Waals surface area contributed by atoms with Crippen molar-refractivity contribution >= 4 is 64.5 Å². The summed E-state index contributed by atoms with van der Waals surface area (Å²) in [6.07, 6.45) is 0.189. The van der Waals surface area contributed by atoms with Gasteiger partial charge in [-0.05, 0) is 23.8 Å². The Bertz CT molecular complexity index is 1040. The molecule has 0 spiro atoms. The standard InChI is InChI=1S/C21H18Cl2N2O4S2/c22-14-7-6-13(9-15(14)23)31-21(20(28)29)10-25-18(27)17(19(25)30-11-21)24-16(26)8-12-4-2-1-3-5-12/h1-7,9,17,19H,8,10-11H2,(H,24,26)(H,28,29)/t17-,19-,21?/m1/s1. The number of β-lactam (4-membered cyclic amide) rings is 1. The molecule has 2 N–H and O–H groups in total. The lowest BCUT2D eigenvalue weighted by Crippen LogP contribution is -2.74. The van der Waals surface area contributed by atoms with Gasteiger partial charge in [-0.3, -0.25) is 14.4 Å². The quantitative estimate of drug-likeness (QED) is 0.594. The number of rotatable bonds is 6. The maximum absolute atomic E-state index is 12.7. The van der Waals surface area contributed by atoms with E-state index in [0.29, 0.717) is 14.9 Å². The van der Waals surface area contributed by atoms with E-state index in [1.165, 1.54) is 16.7 Å². The molecule has 2 fully saturated rings. The van der Waals surface area contributed by atoms with Crippen LogP contribution in [0.15, 0.2) is 53.4 Å². The average Bonchev–Trinajstić information content (AvgIpc) is 2.75. The van der Waals surface area contributed by atoms with Crippen molar-refractivity contribution < 1.29 is 19.5 Å². The molecule has 0 radical (unpaired) electrons. The van der Waals surface area contributed by atoms with Gasteiger partial charge in [0.15, 0.2) is 0 Å². The van der Waals surface area contributed by atoms with Gasteiger partial charge in [0.2, 0.25) is 11.8 Å². The predicted molar refractivity (Wildman–Crippen MR) is 123 cm³/mol. The Hall–Kier alpha value is -1.87. The number of aliphatic carboxylic acids is 1. The monoisotopic (exact) mass is 496 g/mol. The van der Waals surface area contributed by atoms with Gasteiger partial charge in [-0.25, -0.2) is 0 Å². The summed E-state index contributed by atoms with van der Waals surface area (Å²) in [6.45, 7) is 0.0504. The van der Waals surface area contributed by atoms with Crippen molar-refractivity contribution in [3.63, 3.8) is 0 Å². The molecule has 0 aliphatic carbocycles. The van der Waals surface area contributed by atoms with Gasteiger partial charge in [0.05, 0.1) is 16.5 Å². The van der Waals surface area contributed by atoms with Gasteiger partial charge in [0.1, 0.15) is 16.2 Å². The lowest BCUT2D eigenvalue weighted by molar-refractivity contribution is -0.152. The van der Waals surface area contributed by atoms with Crippen molar-refractivity contribution in [2.75, 3.05) is 12.3 Å². The molecule has 162 valence electrons. The van der Waals surface area contributed by atoms with Crippen LogP contribution in [0.4, 0.5) is 0 Å². The minimum Gasteiger partial charge on any atom is -0.480 e. The van der Waals surface area contributed by atoms with Crippen LogP contribution in [-0.4, -0.2) is 56.3 Å². The number of hydrogen-bond donors (Lipinski definition) is 2.